The average molecular weight is 331 g/mol. The van der Waals surface area contributed by atoms with Gasteiger partial charge >= 0.3 is 12.1 Å². The van der Waals surface area contributed by atoms with Crippen LogP contribution in [0.25, 0.3) is 0 Å². The number of rotatable bonds is 3. The van der Waals surface area contributed by atoms with Crippen LogP contribution in [0.1, 0.15) is 26.3 Å². The molecule has 1 saturated heterocycles. The monoisotopic (exact) mass is 331 g/mol. The smallest absolute Gasteiger partial charge is 0.410 e. The highest BCUT2D eigenvalue weighted by atomic mass is 16.6. The van der Waals surface area contributed by atoms with Gasteiger partial charge in [-0.3, -0.25) is 9.69 Å². The van der Waals surface area contributed by atoms with Crippen molar-refractivity contribution in [1.82, 2.24) is 4.90 Å². The number of hydrogen-bond acceptors (Lipinski definition) is 4. The van der Waals surface area contributed by atoms with Crippen LogP contribution in [0.4, 0.5) is 4.79 Å². The maximum absolute atomic E-state index is 12.6. The Morgan fingerprint density at radius 3 is 2.42 bits per heavy atom. The van der Waals surface area contributed by atoms with Crippen molar-refractivity contribution in [3.05, 3.63) is 48.0 Å². The SMILES string of the molecule is C=C1CN(C(=O)OCc2ccccc2)C(C(C)(C)C)[C@H]1C(=O)OC. The lowest BCUT2D eigenvalue weighted by Crippen LogP contribution is -2.48. The third kappa shape index (κ3) is 3.78. The summed E-state index contributed by atoms with van der Waals surface area (Å²) in [5.74, 6) is -0.891. The molecule has 0 aromatic heterocycles. The highest BCUT2D eigenvalue weighted by Crippen LogP contribution is 2.40. The van der Waals surface area contributed by atoms with Crippen LogP contribution in [-0.2, 0) is 20.9 Å². The van der Waals surface area contributed by atoms with Gasteiger partial charge in [-0.25, -0.2) is 4.79 Å². The fourth-order valence-electron chi connectivity index (χ4n) is 3.19. The third-order valence-corrected chi connectivity index (χ3v) is 4.25. The second-order valence-corrected chi connectivity index (χ2v) is 7.14. The van der Waals surface area contributed by atoms with Crippen LogP contribution in [0.3, 0.4) is 0 Å². The average Bonchev–Trinajstić information content (AvgIpc) is 2.90. The molecule has 0 saturated carbocycles. The highest BCUT2D eigenvalue weighted by molar-refractivity contribution is 5.80. The number of nitrogens with zero attached hydrogens (tertiary/aromatic N) is 1. The van der Waals surface area contributed by atoms with Crippen LogP contribution in [0, 0.1) is 11.3 Å². The highest BCUT2D eigenvalue weighted by Gasteiger charge is 2.50. The number of ether oxygens (including phenoxy) is 2. The molecule has 1 aromatic carbocycles. The minimum Gasteiger partial charge on any atom is -0.468 e. The third-order valence-electron chi connectivity index (χ3n) is 4.25. The van der Waals surface area contributed by atoms with E-state index in [9.17, 15) is 9.59 Å². The molecule has 1 aromatic rings. The zero-order chi connectivity index (χ0) is 17.9. The summed E-state index contributed by atoms with van der Waals surface area (Å²) < 4.78 is 10.3. The molecule has 2 atom stereocenters. The van der Waals surface area contributed by atoms with Crippen molar-refractivity contribution in [2.45, 2.75) is 33.4 Å². The lowest BCUT2D eigenvalue weighted by Gasteiger charge is -2.36. The van der Waals surface area contributed by atoms with Crippen LogP contribution in [0.15, 0.2) is 42.5 Å². The zero-order valence-corrected chi connectivity index (χ0v) is 14.7. The molecular weight excluding hydrogens is 306 g/mol. The Balaban J connectivity index is 2.16. The van der Waals surface area contributed by atoms with Gasteiger partial charge in [0.25, 0.3) is 0 Å². The minimum atomic E-state index is -0.528. The molecule has 0 bridgehead atoms. The summed E-state index contributed by atoms with van der Waals surface area (Å²) in [5.41, 5.74) is 1.28. The van der Waals surface area contributed by atoms with Crippen LogP contribution < -0.4 is 0 Å². The zero-order valence-electron chi connectivity index (χ0n) is 14.7. The van der Waals surface area contributed by atoms with E-state index in [0.29, 0.717) is 12.1 Å². The van der Waals surface area contributed by atoms with Gasteiger partial charge in [0.2, 0.25) is 0 Å². The van der Waals surface area contributed by atoms with Gasteiger partial charge in [0.05, 0.1) is 13.2 Å². The van der Waals surface area contributed by atoms with Crippen molar-refractivity contribution >= 4 is 12.1 Å². The first-order chi connectivity index (χ1) is 11.3. The lowest BCUT2D eigenvalue weighted by molar-refractivity contribution is -0.146. The molecular formula is C19H25NO4. The van der Waals surface area contributed by atoms with Crippen molar-refractivity contribution < 1.29 is 19.1 Å². The van der Waals surface area contributed by atoms with E-state index in [0.717, 1.165) is 5.56 Å². The van der Waals surface area contributed by atoms with Gasteiger partial charge in [-0.05, 0) is 16.6 Å². The topological polar surface area (TPSA) is 55.8 Å². The van der Waals surface area contributed by atoms with E-state index in [1.165, 1.54) is 7.11 Å². The summed E-state index contributed by atoms with van der Waals surface area (Å²) in [7, 11) is 1.35. The molecule has 0 radical (unpaired) electrons. The van der Waals surface area contributed by atoms with Gasteiger partial charge in [-0.2, -0.15) is 0 Å². The summed E-state index contributed by atoms with van der Waals surface area (Å²) >= 11 is 0. The molecule has 1 fully saturated rings. The summed E-state index contributed by atoms with van der Waals surface area (Å²) in [6, 6.07) is 9.15. The Labute approximate surface area is 143 Å². The van der Waals surface area contributed by atoms with E-state index in [2.05, 4.69) is 6.58 Å². The van der Waals surface area contributed by atoms with Crippen molar-refractivity contribution in [3.63, 3.8) is 0 Å². The molecule has 1 amide bonds. The molecule has 5 nitrogen and oxygen atoms in total. The Morgan fingerprint density at radius 1 is 1.25 bits per heavy atom. The molecule has 2 rings (SSSR count). The Morgan fingerprint density at radius 2 is 1.88 bits per heavy atom. The molecule has 0 spiro atoms. The quantitative estimate of drug-likeness (QED) is 0.629. The fourth-order valence-corrected chi connectivity index (χ4v) is 3.19. The maximum atomic E-state index is 12.6. The van der Waals surface area contributed by atoms with E-state index in [-0.39, 0.29) is 24.0 Å². The van der Waals surface area contributed by atoms with Gasteiger partial charge < -0.3 is 9.47 Å². The number of amides is 1. The maximum Gasteiger partial charge on any atom is 0.410 e. The van der Waals surface area contributed by atoms with E-state index in [4.69, 9.17) is 9.47 Å². The van der Waals surface area contributed by atoms with Crippen LogP contribution >= 0.6 is 0 Å². The van der Waals surface area contributed by atoms with Gasteiger partial charge in [0.15, 0.2) is 0 Å². The molecule has 24 heavy (non-hydrogen) atoms. The molecule has 1 unspecified atom stereocenters. The van der Waals surface area contributed by atoms with Gasteiger partial charge in [0, 0.05) is 6.54 Å². The number of benzene rings is 1. The first-order valence-corrected chi connectivity index (χ1v) is 7.98. The number of carbonyl (C=O) groups excluding carboxylic acids is 2. The predicted octanol–water partition coefficient (Wildman–Crippen LogP) is 3.40. The standard InChI is InChI=1S/C19H25NO4/c1-13-11-20(16(19(2,3)4)15(13)17(21)23-5)18(22)24-12-14-9-7-6-8-10-14/h6-10,15-16H,1,11-12H2,2-5H3/t15-,16?/m0/s1. The Kier molecular flexibility index (Phi) is 5.32. The molecule has 5 heteroatoms. The van der Waals surface area contributed by atoms with Crippen molar-refractivity contribution in [2.75, 3.05) is 13.7 Å². The van der Waals surface area contributed by atoms with Gasteiger partial charge in [0.1, 0.15) is 12.5 Å². The summed E-state index contributed by atoms with van der Waals surface area (Å²) in [6.07, 6.45) is -0.439. The van der Waals surface area contributed by atoms with Gasteiger partial charge in [-0.1, -0.05) is 57.7 Å². The van der Waals surface area contributed by atoms with Crippen molar-refractivity contribution in [3.8, 4) is 0 Å². The summed E-state index contributed by atoms with van der Waals surface area (Å²) in [5, 5.41) is 0. The van der Waals surface area contributed by atoms with Crippen LogP contribution in [-0.4, -0.2) is 36.7 Å². The Bertz CT molecular complexity index is 618. The molecule has 1 aliphatic heterocycles. The number of esters is 1. The fraction of sp³-hybridized carbons (Fsp3) is 0.474. The Hall–Kier alpha value is -2.30. The van der Waals surface area contributed by atoms with Crippen molar-refractivity contribution in [1.29, 1.82) is 0 Å². The molecule has 0 aliphatic carbocycles. The first-order valence-electron chi connectivity index (χ1n) is 7.98. The van der Waals surface area contributed by atoms with E-state index in [1.807, 2.05) is 51.1 Å². The largest absolute Gasteiger partial charge is 0.468 e. The minimum absolute atomic E-state index is 0.197. The van der Waals surface area contributed by atoms with Gasteiger partial charge in [-0.15, -0.1) is 0 Å². The first kappa shape index (κ1) is 18.0. The van der Waals surface area contributed by atoms with E-state index < -0.39 is 12.0 Å². The molecule has 1 heterocycles. The van der Waals surface area contributed by atoms with Crippen molar-refractivity contribution in [2.24, 2.45) is 11.3 Å². The molecule has 0 N–H and O–H groups in total. The number of methoxy groups -OCH3 is 1. The second-order valence-electron chi connectivity index (χ2n) is 7.14. The number of carbonyl (C=O) groups is 2. The lowest BCUT2D eigenvalue weighted by atomic mass is 9.78. The van der Waals surface area contributed by atoms with E-state index >= 15 is 0 Å². The summed E-state index contributed by atoms with van der Waals surface area (Å²) in [6.45, 7) is 10.4. The predicted molar refractivity (Wildman–Crippen MR) is 91.2 cm³/mol. The number of hydrogen-bond donors (Lipinski definition) is 0. The normalized spacial score (nSPS) is 20.8. The number of likely N-dealkylation sites (tertiary alicyclic amines) is 1. The second kappa shape index (κ2) is 7.07. The molecule has 1 aliphatic rings. The van der Waals surface area contributed by atoms with Crippen LogP contribution in [0.5, 0.6) is 0 Å². The van der Waals surface area contributed by atoms with Crippen LogP contribution in [0.2, 0.25) is 0 Å². The molecule has 130 valence electrons. The summed E-state index contributed by atoms with van der Waals surface area (Å²) in [4.78, 5) is 26.3. The van der Waals surface area contributed by atoms with E-state index in [1.54, 1.807) is 4.90 Å².